The number of ketones is 1. The van der Waals surface area contributed by atoms with E-state index in [1.165, 1.54) is 11.3 Å². The van der Waals surface area contributed by atoms with Gasteiger partial charge in [0.15, 0.2) is 0 Å². The van der Waals surface area contributed by atoms with Crippen LogP contribution in [0, 0.1) is 11.8 Å². The molecule has 1 fully saturated rings. The van der Waals surface area contributed by atoms with Gasteiger partial charge in [-0.05, 0) is 30.4 Å². The van der Waals surface area contributed by atoms with Crippen LogP contribution in [0.5, 0.6) is 0 Å². The lowest BCUT2D eigenvalue weighted by Gasteiger charge is -2.17. The van der Waals surface area contributed by atoms with E-state index in [2.05, 4.69) is 0 Å². The molecule has 1 heterocycles. The summed E-state index contributed by atoms with van der Waals surface area (Å²) in [6.07, 6.45) is 5.11. The Hall–Kier alpha value is -2.05. The van der Waals surface area contributed by atoms with Gasteiger partial charge in [0, 0.05) is 34.3 Å². The maximum atomic E-state index is 14.4. The number of hydrogen-bond acceptors (Lipinski definition) is 4. The summed E-state index contributed by atoms with van der Waals surface area (Å²) in [4.78, 5) is 23.6. The van der Waals surface area contributed by atoms with Crippen molar-refractivity contribution in [3.8, 4) is 0 Å². The van der Waals surface area contributed by atoms with Gasteiger partial charge in [0.2, 0.25) is 0 Å². The van der Waals surface area contributed by atoms with Crippen LogP contribution in [0.1, 0.15) is 55.9 Å². The van der Waals surface area contributed by atoms with Crippen LogP contribution in [0.3, 0.4) is 0 Å². The standard InChI is InChI=1S/C23H27FO4S/c24-18-14-20(26)17(16(18)8-3-1-2-4-10-23(27)28)11-12-19(25)22-13-15-7-5-6-9-21(15)29-22/h5-7,9,11-13,16-19,25H,1-4,8,10,14H2,(H,27,28)/t16-,17-,18+,19?/m1/s1. The first kappa shape index (κ1) is 21.7. The number of hydrogen-bond donors (Lipinski definition) is 2. The molecule has 4 atom stereocenters. The molecule has 6 heteroatoms. The second-order valence-corrected chi connectivity index (χ2v) is 8.85. The molecule has 0 bridgehead atoms. The van der Waals surface area contributed by atoms with E-state index in [9.17, 15) is 19.1 Å². The van der Waals surface area contributed by atoms with Gasteiger partial charge in [-0.15, -0.1) is 11.3 Å². The number of carboxylic acid groups (broad SMARTS) is 1. The van der Waals surface area contributed by atoms with E-state index in [-0.39, 0.29) is 24.5 Å². The van der Waals surface area contributed by atoms with Gasteiger partial charge in [-0.3, -0.25) is 9.59 Å². The van der Waals surface area contributed by atoms with Crippen molar-refractivity contribution in [3.63, 3.8) is 0 Å². The average molecular weight is 419 g/mol. The van der Waals surface area contributed by atoms with Crippen molar-refractivity contribution in [3.05, 3.63) is 47.4 Å². The predicted molar refractivity (Wildman–Crippen MR) is 113 cm³/mol. The summed E-state index contributed by atoms with van der Waals surface area (Å²) in [7, 11) is 0. The Balaban J connectivity index is 1.56. The van der Waals surface area contributed by atoms with Crippen molar-refractivity contribution in [1.29, 1.82) is 0 Å². The Morgan fingerprint density at radius 1 is 1.24 bits per heavy atom. The maximum absolute atomic E-state index is 14.4. The highest BCUT2D eigenvalue weighted by Gasteiger charge is 2.40. The van der Waals surface area contributed by atoms with Crippen LogP contribution < -0.4 is 0 Å². The Morgan fingerprint density at radius 3 is 2.76 bits per heavy atom. The minimum absolute atomic E-state index is 0.0579. The number of aliphatic hydroxyl groups is 1. The van der Waals surface area contributed by atoms with Crippen LogP contribution in [0.2, 0.25) is 0 Å². The van der Waals surface area contributed by atoms with E-state index in [4.69, 9.17) is 5.11 Å². The first-order chi connectivity index (χ1) is 14.0. The number of unbranched alkanes of at least 4 members (excludes halogenated alkanes) is 3. The fourth-order valence-corrected chi connectivity index (χ4v) is 5.06. The fraction of sp³-hybridized carbons (Fsp3) is 0.478. The van der Waals surface area contributed by atoms with Gasteiger partial charge in [0.05, 0.1) is 0 Å². The highest BCUT2D eigenvalue weighted by Crippen LogP contribution is 2.37. The molecule has 0 aliphatic heterocycles. The van der Waals surface area contributed by atoms with Gasteiger partial charge in [-0.25, -0.2) is 4.39 Å². The Bertz CT molecular complexity index is 842. The quantitative estimate of drug-likeness (QED) is 0.397. The zero-order valence-corrected chi connectivity index (χ0v) is 17.1. The van der Waals surface area contributed by atoms with Crippen molar-refractivity contribution < 1.29 is 24.2 Å². The predicted octanol–water partition coefficient (Wildman–Crippen LogP) is 5.46. The Labute approximate surface area is 174 Å². The molecule has 0 amide bonds. The largest absolute Gasteiger partial charge is 0.481 e. The number of rotatable bonds is 10. The van der Waals surface area contributed by atoms with E-state index in [0.717, 1.165) is 34.2 Å². The number of carboxylic acids is 1. The Morgan fingerprint density at radius 2 is 2.00 bits per heavy atom. The first-order valence-electron chi connectivity index (χ1n) is 10.2. The molecular formula is C23H27FO4S. The topological polar surface area (TPSA) is 74.6 Å². The molecular weight excluding hydrogens is 391 g/mol. The third-order valence-corrected chi connectivity index (χ3v) is 6.80. The molecule has 1 aliphatic rings. The van der Waals surface area contributed by atoms with Crippen molar-refractivity contribution in [1.82, 2.24) is 0 Å². The van der Waals surface area contributed by atoms with Gasteiger partial charge in [-0.1, -0.05) is 49.6 Å². The molecule has 156 valence electrons. The average Bonchev–Trinajstić information content (AvgIpc) is 3.23. The summed E-state index contributed by atoms with van der Waals surface area (Å²) >= 11 is 1.51. The molecule has 0 saturated heterocycles. The number of benzene rings is 1. The molecule has 1 saturated carbocycles. The SMILES string of the molecule is O=C(O)CCCCCC[C@H]1[C@@H](F)CC(=O)[C@@H]1C=CC(O)c1cc2ccccc2s1. The zero-order chi connectivity index (χ0) is 20.8. The second kappa shape index (κ2) is 10.1. The lowest BCUT2D eigenvalue weighted by molar-refractivity contribution is -0.137. The number of allylic oxidation sites excluding steroid dienone is 1. The highest BCUT2D eigenvalue weighted by molar-refractivity contribution is 7.19. The van der Waals surface area contributed by atoms with Crippen molar-refractivity contribution in [2.45, 2.75) is 57.2 Å². The van der Waals surface area contributed by atoms with E-state index in [1.807, 2.05) is 30.3 Å². The molecule has 1 aromatic heterocycles. The molecule has 2 aromatic rings. The van der Waals surface area contributed by atoms with Crippen LogP contribution in [-0.2, 0) is 9.59 Å². The van der Waals surface area contributed by atoms with Gasteiger partial charge in [-0.2, -0.15) is 0 Å². The van der Waals surface area contributed by atoms with E-state index >= 15 is 0 Å². The fourth-order valence-electron chi connectivity index (χ4n) is 4.03. The van der Waals surface area contributed by atoms with Crippen LogP contribution >= 0.6 is 11.3 Å². The maximum Gasteiger partial charge on any atom is 0.303 e. The van der Waals surface area contributed by atoms with Crippen molar-refractivity contribution in [2.24, 2.45) is 11.8 Å². The lowest BCUT2D eigenvalue weighted by atomic mass is 9.88. The third kappa shape index (κ3) is 5.73. The first-order valence-corrected chi connectivity index (χ1v) is 11.0. The summed E-state index contributed by atoms with van der Waals surface area (Å²) in [5.41, 5.74) is 0. The smallest absolute Gasteiger partial charge is 0.303 e. The molecule has 3 rings (SSSR count). The van der Waals surface area contributed by atoms with E-state index in [0.29, 0.717) is 12.8 Å². The minimum atomic E-state index is -1.14. The van der Waals surface area contributed by atoms with Gasteiger partial charge < -0.3 is 10.2 Å². The van der Waals surface area contributed by atoms with Crippen LogP contribution in [-0.4, -0.2) is 28.1 Å². The molecule has 1 aromatic carbocycles. The van der Waals surface area contributed by atoms with Gasteiger partial charge >= 0.3 is 5.97 Å². The summed E-state index contributed by atoms with van der Waals surface area (Å²) in [6, 6.07) is 9.84. The number of thiophene rings is 1. The number of fused-ring (bicyclic) bond motifs is 1. The normalized spacial score (nSPS) is 23.2. The number of alkyl halides is 1. The Kier molecular flexibility index (Phi) is 7.56. The van der Waals surface area contributed by atoms with Crippen molar-refractivity contribution in [2.75, 3.05) is 0 Å². The van der Waals surface area contributed by atoms with Gasteiger partial charge in [0.1, 0.15) is 18.1 Å². The molecule has 29 heavy (non-hydrogen) atoms. The number of Topliss-reactive ketones (excluding diaryl/α,β-unsaturated/α-hetero) is 1. The van der Waals surface area contributed by atoms with E-state index < -0.39 is 24.2 Å². The summed E-state index contributed by atoms with van der Waals surface area (Å²) in [5.74, 6) is -1.74. The lowest BCUT2D eigenvalue weighted by Crippen LogP contribution is -2.17. The van der Waals surface area contributed by atoms with E-state index in [1.54, 1.807) is 12.2 Å². The zero-order valence-electron chi connectivity index (χ0n) is 16.3. The summed E-state index contributed by atoms with van der Waals surface area (Å²) in [5, 5.41) is 20.2. The number of carbonyl (C=O) groups excluding carboxylic acids is 1. The van der Waals surface area contributed by atoms with Crippen LogP contribution in [0.25, 0.3) is 10.1 Å². The molecule has 0 radical (unpaired) electrons. The van der Waals surface area contributed by atoms with Crippen LogP contribution in [0.4, 0.5) is 4.39 Å². The number of halogens is 1. The number of aliphatic carboxylic acids is 1. The van der Waals surface area contributed by atoms with Gasteiger partial charge in [0.25, 0.3) is 0 Å². The highest BCUT2D eigenvalue weighted by atomic mass is 32.1. The molecule has 1 aliphatic carbocycles. The molecule has 1 unspecified atom stereocenters. The monoisotopic (exact) mass is 418 g/mol. The minimum Gasteiger partial charge on any atom is -0.481 e. The number of carbonyl (C=O) groups is 2. The second-order valence-electron chi connectivity index (χ2n) is 7.74. The summed E-state index contributed by atoms with van der Waals surface area (Å²) < 4.78 is 15.5. The molecule has 4 nitrogen and oxygen atoms in total. The number of aliphatic hydroxyl groups excluding tert-OH is 1. The van der Waals surface area contributed by atoms with Crippen molar-refractivity contribution >= 4 is 33.2 Å². The molecule has 2 N–H and O–H groups in total. The summed E-state index contributed by atoms with van der Waals surface area (Å²) in [6.45, 7) is 0. The third-order valence-electron chi connectivity index (χ3n) is 5.61. The van der Waals surface area contributed by atoms with Crippen LogP contribution in [0.15, 0.2) is 42.5 Å². The molecule has 0 spiro atoms.